The van der Waals surface area contributed by atoms with E-state index in [0.29, 0.717) is 25.2 Å². The number of hydrogen-bond acceptors (Lipinski definition) is 2. The molecule has 1 atom stereocenters. The summed E-state index contributed by atoms with van der Waals surface area (Å²) in [6.07, 6.45) is -5.60. The molecule has 1 aromatic heterocycles. The van der Waals surface area contributed by atoms with Crippen molar-refractivity contribution in [3.8, 4) is 0 Å². The van der Waals surface area contributed by atoms with Crippen molar-refractivity contribution in [1.82, 2.24) is 14.8 Å². The molecule has 0 aliphatic rings. The summed E-state index contributed by atoms with van der Waals surface area (Å²) in [5, 5.41) is 0.834. The Kier molecular flexibility index (Phi) is 8.58. The first kappa shape index (κ1) is 28.8. The summed E-state index contributed by atoms with van der Waals surface area (Å²) in [5.41, 5.74) is -2.35. The van der Waals surface area contributed by atoms with Crippen molar-refractivity contribution in [3.05, 3.63) is 83.1 Å². The molecule has 3 rings (SSSR count). The number of benzene rings is 2. The van der Waals surface area contributed by atoms with Gasteiger partial charge in [0.2, 0.25) is 5.91 Å². The summed E-state index contributed by atoms with van der Waals surface area (Å²) in [4.78, 5) is 31.5. The molecule has 0 spiro atoms. The Morgan fingerprint density at radius 2 is 1.53 bits per heavy atom. The number of hydrogen-bond donors (Lipinski definition) is 1. The number of rotatable bonds is 8. The maximum atomic E-state index is 13.4. The number of amides is 2. The van der Waals surface area contributed by atoms with E-state index in [9.17, 15) is 35.9 Å². The van der Waals surface area contributed by atoms with Crippen molar-refractivity contribution in [2.75, 3.05) is 20.1 Å². The van der Waals surface area contributed by atoms with Crippen LogP contribution in [-0.2, 0) is 23.6 Å². The topological polar surface area (TPSA) is 56.4 Å². The quantitative estimate of drug-likeness (QED) is 0.269. The highest BCUT2D eigenvalue weighted by Crippen LogP contribution is 2.36. The predicted molar refractivity (Wildman–Crippen MR) is 131 cm³/mol. The molecule has 0 fully saturated rings. The monoisotopic (exact) mass is 539 g/mol. The van der Waals surface area contributed by atoms with E-state index in [4.69, 9.17) is 0 Å². The lowest BCUT2D eigenvalue weighted by Crippen LogP contribution is -2.38. The maximum absolute atomic E-state index is 13.4. The van der Waals surface area contributed by atoms with E-state index in [1.165, 1.54) is 24.1 Å². The third kappa shape index (κ3) is 6.56. The first-order chi connectivity index (χ1) is 17.8. The van der Waals surface area contributed by atoms with Crippen LogP contribution in [0.4, 0.5) is 26.3 Å². The van der Waals surface area contributed by atoms with E-state index in [-0.39, 0.29) is 18.4 Å². The average molecular weight is 540 g/mol. The number of aromatic nitrogens is 1. The third-order valence-corrected chi connectivity index (χ3v) is 6.29. The molecular formula is C27H27F6N3O2. The fourth-order valence-electron chi connectivity index (χ4n) is 4.13. The number of halogens is 6. The molecule has 3 aromatic rings. The zero-order valence-electron chi connectivity index (χ0n) is 21.0. The van der Waals surface area contributed by atoms with Gasteiger partial charge >= 0.3 is 12.4 Å². The van der Waals surface area contributed by atoms with Crippen molar-refractivity contribution in [1.29, 1.82) is 0 Å². The number of likely N-dealkylation sites (N-methyl/N-ethyl adjacent to an activating group) is 2. The molecule has 5 nitrogen and oxygen atoms in total. The number of fused-ring (bicyclic) bond motifs is 1. The van der Waals surface area contributed by atoms with Gasteiger partial charge in [0.1, 0.15) is 0 Å². The van der Waals surface area contributed by atoms with E-state index in [1.807, 2.05) is 24.3 Å². The Labute approximate surface area is 215 Å². The summed E-state index contributed by atoms with van der Waals surface area (Å²) in [6, 6.07) is 7.24. The van der Waals surface area contributed by atoms with Crippen molar-refractivity contribution >= 4 is 22.7 Å². The molecule has 1 unspecified atom stereocenters. The molecule has 38 heavy (non-hydrogen) atoms. The van der Waals surface area contributed by atoms with Gasteiger partial charge in [-0.15, -0.1) is 0 Å². The second-order valence-corrected chi connectivity index (χ2v) is 8.71. The molecule has 0 saturated heterocycles. The smallest absolute Gasteiger partial charge is 0.361 e. The molecule has 11 heteroatoms. The van der Waals surface area contributed by atoms with Gasteiger partial charge in [0, 0.05) is 48.9 Å². The largest absolute Gasteiger partial charge is 0.416 e. The number of H-pyrrole nitrogens is 1. The van der Waals surface area contributed by atoms with Gasteiger partial charge in [0.05, 0.1) is 17.2 Å². The van der Waals surface area contributed by atoms with Gasteiger partial charge in [0.15, 0.2) is 0 Å². The summed E-state index contributed by atoms with van der Waals surface area (Å²) in [6.45, 7) is 4.46. The van der Waals surface area contributed by atoms with E-state index < -0.39 is 41.0 Å². The lowest BCUT2D eigenvalue weighted by atomic mass is 10.0. The molecule has 204 valence electrons. The number of nitrogens with one attached hydrogen (secondary N) is 1. The van der Waals surface area contributed by atoms with Gasteiger partial charge in [0.25, 0.3) is 5.91 Å². The second-order valence-electron chi connectivity index (χ2n) is 8.71. The Bertz CT molecular complexity index is 1290. The lowest BCUT2D eigenvalue weighted by Gasteiger charge is -2.27. The highest BCUT2D eigenvalue weighted by Gasteiger charge is 2.38. The van der Waals surface area contributed by atoms with Gasteiger partial charge in [-0.25, -0.2) is 0 Å². The van der Waals surface area contributed by atoms with Crippen molar-refractivity contribution < 1.29 is 35.9 Å². The average Bonchev–Trinajstić information content (AvgIpc) is 3.27. The molecule has 0 radical (unpaired) electrons. The molecule has 0 saturated carbocycles. The van der Waals surface area contributed by atoms with E-state index in [1.54, 1.807) is 20.0 Å². The Morgan fingerprint density at radius 1 is 0.947 bits per heavy atom. The highest BCUT2D eigenvalue weighted by molar-refractivity contribution is 5.95. The first-order valence-electron chi connectivity index (χ1n) is 11.8. The van der Waals surface area contributed by atoms with E-state index >= 15 is 0 Å². The standard InChI is InChI=1S/C27H27F6N3O2/c1-4-36(5-2)24(37)11-10-21(14-18-16-34-23-9-7-6-8-22(18)23)35(3)25(38)17-12-19(26(28,29)30)15-20(13-17)27(31,32)33/h6-13,15-16,21,34H,4-5,14H2,1-3H3. The molecule has 0 aliphatic heterocycles. The Morgan fingerprint density at radius 3 is 2.08 bits per heavy atom. The minimum absolute atomic E-state index is 0.0249. The van der Waals surface area contributed by atoms with Crippen LogP contribution in [0.5, 0.6) is 0 Å². The predicted octanol–water partition coefficient (Wildman–Crippen LogP) is 6.31. The molecule has 1 N–H and O–H groups in total. The van der Waals surface area contributed by atoms with E-state index in [0.717, 1.165) is 21.4 Å². The summed E-state index contributed by atoms with van der Waals surface area (Å²) in [5.74, 6) is -1.38. The Balaban J connectivity index is 2.03. The zero-order chi connectivity index (χ0) is 28.3. The number of carbonyl (C=O) groups is 2. The van der Waals surface area contributed by atoms with Gasteiger partial charge in [-0.1, -0.05) is 24.3 Å². The molecule has 0 aliphatic carbocycles. The first-order valence-corrected chi connectivity index (χ1v) is 11.8. The Hall–Kier alpha value is -3.76. The van der Waals surface area contributed by atoms with Gasteiger partial charge in [-0.3, -0.25) is 9.59 Å². The zero-order valence-corrected chi connectivity index (χ0v) is 21.0. The van der Waals surface area contributed by atoms with Crippen LogP contribution in [0.1, 0.15) is 40.9 Å². The van der Waals surface area contributed by atoms with Gasteiger partial charge in [-0.05, 0) is 50.1 Å². The maximum Gasteiger partial charge on any atom is 0.416 e. The number of para-hydroxylation sites is 1. The van der Waals surface area contributed by atoms with E-state index in [2.05, 4.69) is 4.98 Å². The summed E-state index contributed by atoms with van der Waals surface area (Å²) in [7, 11) is 1.28. The van der Waals surface area contributed by atoms with Crippen LogP contribution in [0.2, 0.25) is 0 Å². The minimum atomic E-state index is -5.09. The molecule has 2 aromatic carbocycles. The fraction of sp³-hybridized carbons (Fsp3) is 0.333. The summed E-state index contributed by atoms with van der Waals surface area (Å²) < 4.78 is 80.2. The van der Waals surface area contributed by atoms with Crippen molar-refractivity contribution in [3.63, 3.8) is 0 Å². The van der Waals surface area contributed by atoms with Gasteiger partial charge in [-0.2, -0.15) is 26.3 Å². The number of alkyl halides is 6. The van der Waals surface area contributed by atoms with Crippen LogP contribution in [0.3, 0.4) is 0 Å². The summed E-state index contributed by atoms with van der Waals surface area (Å²) >= 11 is 0. The second kappa shape index (κ2) is 11.3. The fourth-order valence-corrected chi connectivity index (χ4v) is 4.13. The normalized spacial score (nSPS) is 13.2. The van der Waals surface area contributed by atoms with Crippen LogP contribution < -0.4 is 0 Å². The van der Waals surface area contributed by atoms with Crippen LogP contribution in [0.15, 0.2) is 60.8 Å². The van der Waals surface area contributed by atoms with Crippen LogP contribution in [0, 0.1) is 0 Å². The number of aromatic amines is 1. The number of nitrogens with zero attached hydrogens (tertiary/aromatic N) is 2. The highest BCUT2D eigenvalue weighted by atomic mass is 19.4. The van der Waals surface area contributed by atoms with Gasteiger partial charge < -0.3 is 14.8 Å². The van der Waals surface area contributed by atoms with Crippen LogP contribution in [-0.4, -0.2) is 52.8 Å². The van der Waals surface area contributed by atoms with Crippen molar-refractivity contribution in [2.45, 2.75) is 38.7 Å². The molecular weight excluding hydrogens is 512 g/mol. The minimum Gasteiger partial charge on any atom is -0.361 e. The number of carbonyl (C=O) groups excluding carboxylic acids is 2. The van der Waals surface area contributed by atoms with Crippen LogP contribution in [0.25, 0.3) is 10.9 Å². The molecule has 2 amide bonds. The molecule has 1 heterocycles. The van der Waals surface area contributed by atoms with Crippen molar-refractivity contribution in [2.24, 2.45) is 0 Å². The molecule has 0 bridgehead atoms. The third-order valence-electron chi connectivity index (χ3n) is 6.29. The lowest BCUT2D eigenvalue weighted by molar-refractivity contribution is -0.143. The van der Waals surface area contributed by atoms with Crippen LogP contribution >= 0.6 is 0 Å². The SMILES string of the molecule is CCN(CC)C(=O)C=CC(Cc1c[nH]c2ccccc12)N(C)C(=O)c1cc(C(F)(F)F)cc(C(F)(F)F)c1.